The lowest BCUT2D eigenvalue weighted by molar-refractivity contribution is 0.464. The molecule has 2 aromatic carbocycles. The van der Waals surface area contributed by atoms with Crippen molar-refractivity contribution in [2.45, 2.75) is 19.9 Å². The molecule has 0 fully saturated rings. The Kier molecular flexibility index (Phi) is 6.65. The van der Waals surface area contributed by atoms with Gasteiger partial charge in [0.15, 0.2) is 5.96 Å². The quantitative estimate of drug-likeness (QED) is 0.339. The third kappa shape index (κ3) is 5.24. The van der Waals surface area contributed by atoms with E-state index in [9.17, 15) is 0 Å². The summed E-state index contributed by atoms with van der Waals surface area (Å²) in [5, 5.41) is 3.39. The number of aromatic nitrogens is 3. The van der Waals surface area contributed by atoms with E-state index in [0.29, 0.717) is 19.0 Å². The van der Waals surface area contributed by atoms with Gasteiger partial charge in [-0.3, -0.25) is 4.99 Å². The molecule has 0 aliphatic rings. The molecule has 2 heterocycles. The number of aliphatic imine (C=N–C) groups is 1. The highest BCUT2D eigenvalue weighted by Gasteiger charge is 2.11. The first-order valence-electron chi connectivity index (χ1n) is 10.6. The Morgan fingerprint density at radius 1 is 1.09 bits per heavy atom. The van der Waals surface area contributed by atoms with Crippen molar-refractivity contribution in [3.05, 3.63) is 84.1 Å². The van der Waals surface area contributed by atoms with Gasteiger partial charge in [-0.15, -0.1) is 0 Å². The van der Waals surface area contributed by atoms with Crippen LogP contribution < -0.4 is 5.32 Å². The Bertz CT molecular complexity index is 1160. The van der Waals surface area contributed by atoms with Gasteiger partial charge in [-0.2, -0.15) is 0 Å². The van der Waals surface area contributed by atoms with Crippen molar-refractivity contribution in [2.24, 2.45) is 4.99 Å². The molecular weight excluding hydrogens is 400 g/mol. The van der Waals surface area contributed by atoms with Gasteiger partial charge in [-0.1, -0.05) is 48.0 Å². The summed E-state index contributed by atoms with van der Waals surface area (Å²) in [7, 11) is 3.77. The van der Waals surface area contributed by atoms with Crippen LogP contribution in [0.3, 0.4) is 0 Å². The minimum atomic E-state index is 0.619. The molecule has 0 amide bonds. The Hall–Kier alpha value is -3.87. The van der Waals surface area contributed by atoms with Gasteiger partial charge < -0.3 is 19.6 Å². The van der Waals surface area contributed by atoms with E-state index >= 15 is 0 Å². The fraction of sp³-hybridized carbons (Fsp3) is 0.240. The summed E-state index contributed by atoms with van der Waals surface area (Å²) in [5.41, 5.74) is 5.23. The molecule has 0 aliphatic carbocycles. The topological polar surface area (TPSA) is 82.3 Å². The number of guanidine groups is 1. The monoisotopic (exact) mass is 428 g/mol. The number of aryl methyl sites for hydroxylation is 1. The summed E-state index contributed by atoms with van der Waals surface area (Å²) in [5.74, 6) is 2.33. The third-order valence-corrected chi connectivity index (χ3v) is 5.19. The molecule has 164 valence electrons. The van der Waals surface area contributed by atoms with Gasteiger partial charge in [0.1, 0.15) is 12.1 Å². The molecule has 0 radical (unpaired) electrons. The van der Waals surface area contributed by atoms with Crippen LogP contribution in [0.15, 0.2) is 76.5 Å². The van der Waals surface area contributed by atoms with Crippen molar-refractivity contribution >= 4 is 5.96 Å². The molecule has 0 spiro atoms. The largest absolute Gasteiger partial charge is 0.444 e. The molecule has 2 N–H and O–H groups in total. The Morgan fingerprint density at radius 3 is 2.62 bits per heavy atom. The normalized spacial score (nSPS) is 11.5. The summed E-state index contributed by atoms with van der Waals surface area (Å²) in [4.78, 5) is 18.9. The number of oxazole rings is 1. The number of nitrogens with zero attached hydrogens (tertiary/aromatic N) is 4. The minimum absolute atomic E-state index is 0.619. The Morgan fingerprint density at radius 2 is 1.88 bits per heavy atom. The molecule has 0 aliphatic heterocycles. The number of nitrogens with one attached hydrogen (secondary N) is 2. The van der Waals surface area contributed by atoms with Crippen LogP contribution in [0.25, 0.3) is 22.7 Å². The van der Waals surface area contributed by atoms with Crippen LogP contribution in [0.4, 0.5) is 0 Å². The second kappa shape index (κ2) is 9.96. The van der Waals surface area contributed by atoms with Crippen LogP contribution in [-0.2, 0) is 13.0 Å². The SMILES string of the molecule is CN=C(NCCc1coc(-c2ccc(C)cc2)n1)N(C)Cc1ncc(-c2ccccc2)[nH]1. The predicted molar refractivity (Wildman–Crippen MR) is 127 cm³/mol. The first kappa shape index (κ1) is 21.4. The second-order valence-electron chi connectivity index (χ2n) is 7.70. The molecule has 0 bridgehead atoms. The van der Waals surface area contributed by atoms with E-state index in [0.717, 1.165) is 40.7 Å². The molecule has 0 saturated carbocycles. The summed E-state index contributed by atoms with van der Waals surface area (Å²) in [6, 6.07) is 18.3. The maximum atomic E-state index is 5.65. The first-order valence-corrected chi connectivity index (χ1v) is 10.6. The fourth-order valence-corrected chi connectivity index (χ4v) is 3.44. The van der Waals surface area contributed by atoms with E-state index in [1.807, 2.05) is 48.5 Å². The number of rotatable bonds is 7. The highest BCUT2D eigenvalue weighted by molar-refractivity contribution is 5.79. The highest BCUT2D eigenvalue weighted by Crippen LogP contribution is 2.19. The van der Waals surface area contributed by atoms with E-state index in [1.54, 1.807) is 13.3 Å². The van der Waals surface area contributed by atoms with E-state index in [4.69, 9.17) is 4.42 Å². The average molecular weight is 429 g/mol. The summed E-state index contributed by atoms with van der Waals surface area (Å²) >= 11 is 0. The average Bonchev–Trinajstić information content (AvgIpc) is 3.48. The van der Waals surface area contributed by atoms with Crippen LogP contribution in [0.2, 0.25) is 0 Å². The number of hydrogen-bond donors (Lipinski definition) is 2. The van der Waals surface area contributed by atoms with Crippen molar-refractivity contribution in [3.63, 3.8) is 0 Å². The van der Waals surface area contributed by atoms with Crippen molar-refractivity contribution in [3.8, 4) is 22.7 Å². The number of benzene rings is 2. The number of hydrogen-bond acceptors (Lipinski definition) is 4. The van der Waals surface area contributed by atoms with Crippen LogP contribution >= 0.6 is 0 Å². The van der Waals surface area contributed by atoms with E-state index in [2.05, 4.69) is 56.5 Å². The Labute approximate surface area is 188 Å². The van der Waals surface area contributed by atoms with Gasteiger partial charge in [0.2, 0.25) is 5.89 Å². The van der Waals surface area contributed by atoms with Crippen LogP contribution in [0, 0.1) is 6.92 Å². The standard InChI is InChI=1S/C25H28N6O/c1-18-9-11-20(12-10-18)24-29-21(17-32-24)13-14-27-25(26-2)31(3)16-23-28-15-22(30-23)19-7-5-4-6-8-19/h4-12,15,17H,13-14,16H2,1-3H3,(H,26,27)(H,28,30). The van der Waals surface area contributed by atoms with Crippen LogP contribution in [0.1, 0.15) is 17.1 Å². The van der Waals surface area contributed by atoms with Crippen molar-refractivity contribution in [2.75, 3.05) is 20.6 Å². The van der Waals surface area contributed by atoms with Gasteiger partial charge in [0.25, 0.3) is 0 Å². The lowest BCUT2D eigenvalue weighted by Gasteiger charge is -2.20. The number of aromatic amines is 1. The van der Waals surface area contributed by atoms with Gasteiger partial charge >= 0.3 is 0 Å². The molecular formula is C25H28N6O. The Balaban J connectivity index is 1.29. The van der Waals surface area contributed by atoms with Crippen molar-refractivity contribution < 1.29 is 4.42 Å². The molecule has 0 atom stereocenters. The van der Waals surface area contributed by atoms with E-state index in [-0.39, 0.29) is 0 Å². The lowest BCUT2D eigenvalue weighted by atomic mass is 10.1. The van der Waals surface area contributed by atoms with Gasteiger partial charge in [-0.25, -0.2) is 9.97 Å². The summed E-state index contributed by atoms with van der Waals surface area (Å²) < 4.78 is 5.65. The zero-order valence-corrected chi connectivity index (χ0v) is 18.7. The molecule has 2 aromatic heterocycles. The highest BCUT2D eigenvalue weighted by atomic mass is 16.3. The molecule has 7 heteroatoms. The number of imidazole rings is 1. The minimum Gasteiger partial charge on any atom is -0.444 e. The molecule has 4 rings (SSSR count). The molecule has 7 nitrogen and oxygen atoms in total. The maximum Gasteiger partial charge on any atom is 0.226 e. The summed E-state index contributed by atoms with van der Waals surface area (Å²) in [6.07, 6.45) is 4.32. The maximum absolute atomic E-state index is 5.65. The van der Waals surface area contributed by atoms with E-state index in [1.165, 1.54) is 5.56 Å². The predicted octanol–water partition coefficient (Wildman–Crippen LogP) is 4.29. The fourth-order valence-electron chi connectivity index (χ4n) is 3.44. The van der Waals surface area contributed by atoms with Crippen molar-refractivity contribution in [1.29, 1.82) is 0 Å². The zero-order chi connectivity index (χ0) is 22.3. The first-order chi connectivity index (χ1) is 15.6. The summed E-state index contributed by atoms with van der Waals surface area (Å²) in [6.45, 7) is 3.38. The van der Waals surface area contributed by atoms with Crippen molar-refractivity contribution in [1.82, 2.24) is 25.2 Å². The number of H-pyrrole nitrogens is 1. The molecule has 4 aromatic rings. The smallest absolute Gasteiger partial charge is 0.226 e. The molecule has 32 heavy (non-hydrogen) atoms. The lowest BCUT2D eigenvalue weighted by Crippen LogP contribution is -2.39. The second-order valence-corrected chi connectivity index (χ2v) is 7.70. The molecule has 0 saturated heterocycles. The van der Waals surface area contributed by atoms with E-state index < -0.39 is 0 Å². The van der Waals surface area contributed by atoms with Crippen LogP contribution in [0.5, 0.6) is 0 Å². The third-order valence-electron chi connectivity index (χ3n) is 5.19. The van der Waals surface area contributed by atoms with Gasteiger partial charge in [0.05, 0.1) is 24.1 Å². The zero-order valence-electron chi connectivity index (χ0n) is 18.7. The van der Waals surface area contributed by atoms with Crippen LogP contribution in [-0.4, -0.2) is 46.5 Å². The molecule has 0 unspecified atom stereocenters. The van der Waals surface area contributed by atoms with Gasteiger partial charge in [-0.05, 0) is 24.6 Å². The van der Waals surface area contributed by atoms with Gasteiger partial charge in [0, 0.05) is 32.6 Å².